The molecule has 1 atom stereocenters. The van der Waals surface area contributed by atoms with Crippen molar-refractivity contribution in [3.8, 4) is 0 Å². The Morgan fingerprint density at radius 3 is 2.39 bits per heavy atom. The van der Waals surface area contributed by atoms with Gasteiger partial charge in [-0.25, -0.2) is 4.79 Å². The van der Waals surface area contributed by atoms with Crippen molar-refractivity contribution < 1.29 is 19.1 Å². The van der Waals surface area contributed by atoms with Crippen LogP contribution in [0.25, 0.3) is 0 Å². The fourth-order valence-corrected chi connectivity index (χ4v) is 3.51. The summed E-state index contributed by atoms with van der Waals surface area (Å²) in [7, 11) is 0. The van der Waals surface area contributed by atoms with Crippen LogP contribution in [-0.4, -0.2) is 53.1 Å². The third kappa shape index (κ3) is 7.15. The lowest BCUT2D eigenvalue weighted by Crippen LogP contribution is -2.59. The number of carbonyl (C=O) groups excluding carboxylic acids is 2. The lowest BCUT2D eigenvalue weighted by molar-refractivity contribution is -0.124. The van der Waals surface area contributed by atoms with E-state index in [0.717, 1.165) is 5.56 Å². The Bertz CT molecular complexity index is 973. The van der Waals surface area contributed by atoms with E-state index in [1.807, 2.05) is 51.1 Å². The van der Waals surface area contributed by atoms with Gasteiger partial charge in [0.05, 0.1) is 6.54 Å². The summed E-state index contributed by atoms with van der Waals surface area (Å²) in [4.78, 5) is 29.2. The SMILES string of the molecule is C=C(OCc1ccccc1)N1CCN(C(=O)OC(C)(C)C)CC1C(=O)Nc1ccc(Cl)cc1. The number of amides is 2. The van der Waals surface area contributed by atoms with Gasteiger partial charge >= 0.3 is 6.09 Å². The maximum absolute atomic E-state index is 13.2. The van der Waals surface area contributed by atoms with Gasteiger partial charge in [-0.3, -0.25) is 4.79 Å². The topological polar surface area (TPSA) is 71.1 Å². The molecule has 33 heavy (non-hydrogen) atoms. The summed E-state index contributed by atoms with van der Waals surface area (Å²) in [6.07, 6.45) is -0.456. The molecule has 0 aliphatic carbocycles. The van der Waals surface area contributed by atoms with Gasteiger partial charge in [0.1, 0.15) is 18.2 Å². The third-order valence-corrected chi connectivity index (χ3v) is 5.27. The number of carbonyl (C=O) groups is 2. The molecule has 0 aromatic heterocycles. The Labute approximate surface area is 199 Å². The van der Waals surface area contributed by atoms with E-state index in [1.165, 1.54) is 0 Å². The van der Waals surface area contributed by atoms with E-state index in [9.17, 15) is 9.59 Å². The summed E-state index contributed by atoms with van der Waals surface area (Å²) < 4.78 is 11.4. The number of nitrogens with zero attached hydrogens (tertiary/aromatic N) is 2. The zero-order chi connectivity index (χ0) is 24.0. The largest absolute Gasteiger partial charge is 0.475 e. The quantitative estimate of drug-likeness (QED) is 0.607. The van der Waals surface area contributed by atoms with Gasteiger partial charge in [-0.05, 0) is 57.2 Å². The highest BCUT2D eigenvalue weighted by Crippen LogP contribution is 2.22. The van der Waals surface area contributed by atoms with Crippen LogP contribution in [0.1, 0.15) is 26.3 Å². The van der Waals surface area contributed by atoms with Crippen LogP contribution < -0.4 is 5.32 Å². The lowest BCUT2D eigenvalue weighted by Gasteiger charge is -2.42. The van der Waals surface area contributed by atoms with E-state index in [-0.39, 0.29) is 12.5 Å². The van der Waals surface area contributed by atoms with Crippen LogP contribution in [0.2, 0.25) is 5.02 Å². The van der Waals surface area contributed by atoms with Gasteiger partial charge in [0, 0.05) is 23.8 Å². The maximum Gasteiger partial charge on any atom is 0.410 e. The predicted octanol–water partition coefficient (Wildman–Crippen LogP) is 4.89. The first-order valence-corrected chi connectivity index (χ1v) is 11.2. The molecule has 1 aliphatic heterocycles. The Hall–Kier alpha value is -3.19. The lowest BCUT2D eigenvalue weighted by atomic mass is 10.1. The predicted molar refractivity (Wildman–Crippen MR) is 129 cm³/mol. The zero-order valence-electron chi connectivity index (χ0n) is 19.2. The molecular weight excluding hydrogens is 442 g/mol. The van der Waals surface area contributed by atoms with Crippen LogP contribution in [0.15, 0.2) is 67.1 Å². The molecule has 8 heteroatoms. The summed E-state index contributed by atoms with van der Waals surface area (Å²) in [5.74, 6) is 0.0917. The molecule has 1 aliphatic rings. The molecule has 2 amide bonds. The number of benzene rings is 2. The highest BCUT2D eigenvalue weighted by Gasteiger charge is 2.37. The minimum atomic E-state index is -0.704. The van der Waals surface area contributed by atoms with Crippen molar-refractivity contribution in [3.05, 3.63) is 77.6 Å². The van der Waals surface area contributed by atoms with Crippen molar-refractivity contribution in [1.29, 1.82) is 0 Å². The van der Waals surface area contributed by atoms with E-state index in [4.69, 9.17) is 21.1 Å². The van der Waals surface area contributed by atoms with Crippen LogP contribution in [0.5, 0.6) is 0 Å². The molecule has 1 fully saturated rings. The molecule has 3 rings (SSSR count). The third-order valence-electron chi connectivity index (χ3n) is 5.02. The maximum atomic E-state index is 13.2. The van der Waals surface area contributed by atoms with Gasteiger partial charge in [-0.2, -0.15) is 0 Å². The number of piperazine rings is 1. The van der Waals surface area contributed by atoms with Crippen LogP contribution in [0, 0.1) is 0 Å². The number of halogens is 1. The first-order chi connectivity index (χ1) is 15.6. The van der Waals surface area contributed by atoms with Gasteiger partial charge in [0.15, 0.2) is 5.88 Å². The zero-order valence-corrected chi connectivity index (χ0v) is 20.0. The van der Waals surface area contributed by atoms with Gasteiger partial charge < -0.3 is 24.6 Å². The van der Waals surface area contributed by atoms with Gasteiger partial charge in [-0.1, -0.05) is 41.9 Å². The molecule has 176 valence electrons. The summed E-state index contributed by atoms with van der Waals surface area (Å²) in [5.41, 5.74) is 0.972. The molecule has 0 bridgehead atoms. The van der Waals surface area contributed by atoms with Crippen molar-refractivity contribution in [2.24, 2.45) is 0 Å². The van der Waals surface area contributed by atoms with Crippen LogP contribution in [0.4, 0.5) is 10.5 Å². The molecule has 0 radical (unpaired) electrons. The van der Waals surface area contributed by atoms with E-state index < -0.39 is 17.7 Å². The summed E-state index contributed by atoms with van der Waals surface area (Å²) in [6.45, 7) is 10.7. The number of rotatable bonds is 6. The molecule has 0 spiro atoms. The molecule has 2 aromatic rings. The summed E-state index contributed by atoms with van der Waals surface area (Å²) in [5, 5.41) is 3.47. The van der Waals surface area contributed by atoms with Crippen molar-refractivity contribution in [2.45, 2.75) is 39.0 Å². The van der Waals surface area contributed by atoms with E-state index in [0.29, 0.717) is 36.3 Å². The fraction of sp³-hybridized carbons (Fsp3) is 0.360. The van der Waals surface area contributed by atoms with Crippen LogP contribution in [-0.2, 0) is 20.9 Å². The molecule has 1 heterocycles. The minimum absolute atomic E-state index is 0.141. The average Bonchev–Trinajstić information content (AvgIpc) is 2.78. The van der Waals surface area contributed by atoms with E-state index in [1.54, 1.807) is 34.1 Å². The Morgan fingerprint density at radius 2 is 1.76 bits per heavy atom. The van der Waals surface area contributed by atoms with Crippen molar-refractivity contribution in [1.82, 2.24) is 9.80 Å². The highest BCUT2D eigenvalue weighted by atomic mass is 35.5. The Morgan fingerprint density at radius 1 is 1.09 bits per heavy atom. The Kier molecular flexibility index (Phi) is 7.87. The normalized spacial score (nSPS) is 16.2. The van der Waals surface area contributed by atoms with Gasteiger partial charge in [0.2, 0.25) is 5.91 Å². The second-order valence-corrected chi connectivity index (χ2v) is 9.24. The number of hydrogen-bond donors (Lipinski definition) is 1. The first kappa shape index (κ1) is 24.5. The summed E-state index contributed by atoms with van der Waals surface area (Å²) >= 11 is 5.95. The second kappa shape index (κ2) is 10.6. The molecular formula is C25H30ClN3O4. The van der Waals surface area contributed by atoms with Gasteiger partial charge in [0.25, 0.3) is 0 Å². The van der Waals surface area contributed by atoms with Crippen molar-refractivity contribution in [2.75, 3.05) is 25.0 Å². The number of nitrogens with one attached hydrogen (secondary N) is 1. The molecule has 7 nitrogen and oxygen atoms in total. The summed E-state index contributed by atoms with van der Waals surface area (Å²) in [6, 6.07) is 15.9. The van der Waals surface area contributed by atoms with Crippen LogP contribution >= 0.6 is 11.6 Å². The number of hydrogen-bond acceptors (Lipinski definition) is 5. The first-order valence-electron chi connectivity index (χ1n) is 10.8. The Balaban J connectivity index is 1.73. The standard InChI is InChI=1S/C25H30ClN3O4/c1-18(32-17-19-8-6-5-7-9-19)29-15-14-28(24(31)33-25(2,3)4)16-22(29)23(30)27-21-12-10-20(26)11-13-21/h5-13,22H,1,14-17H2,2-4H3,(H,27,30). The van der Waals surface area contributed by atoms with Crippen molar-refractivity contribution >= 4 is 29.3 Å². The van der Waals surface area contributed by atoms with Gasteiger partial charge in [-0.15, -0.1) is 0 Å². The number of ether oxygens (including phenoxy) is 2. The molecule has 2 aromatic carbocycles. The minimum Gasteiger partial charge on any atom is -0.475 e. The highest BCUT2D eigenvalue weighted by molar-refractivity contribution is 6.30. The molecule has 1 unspecified atom stereocenters. The smallest absolute Gasteiger partial charge is 0.410 e. The van der Waals surface area contributed by atoms with E-state index >= 15 is 0 Å². The molecule has 0 saturated carbocycles. The monoisotopic (exact) mass is 471 g/mol. The molecule has 1 saturated heterocycles. The average molecular weight is 472 g/mol. The fourth-order valence-electron chi connectivity index (χ4n) is 3.38. The second-order valence-electron chi connectivity index (χ2n) is 8.80. The number of anilines is 1. The van der Waals surface area contributed by atoms with E-state index in [2.05, 4.69) is 11.9 Å². The van der Waals surface area contributed by atoms with Crippen molar-refractivity contribution in [3.63, 3.8) is 0 Å². The van der Waals surface area contributed by atoms with Crippen LogP contribution in [0.3, 0.4) is 0 Å². The molecule has 1 N–H and O–H groups in total.